The molecule has 10 heteroatoms. The Kier molecular flexibility index (Phi) is 9.18. The third-order valence-corrected chi connectivity index (χ3v) is 5.69. The highest BCUT2D eigenvalue weighted by atomic mass is 16.5. The second-order valence-corrected chi connectivity index (χ2v) is 8.28. The lowest BCUT2D eigenvalue weighted by Gasteiger charge is -2.24. The van der Waals surface area contributed by atoms with Gasteiger partial charge >= 0.3 is 11.7 Å². The first-order chi connectivity index (χ1) is 17.3. The topological polar surface area (TPSA) is 137 Å². The zero-order valence-electron chi connectivity index (χ0n) is 20.3. The number of anilines is 2. The van der Waals surface area contributed by atoms with Crippen LogP contribution >= 0.6 is 0 Å². The molecular weight excluding hydrogens is 464 g/mol. The van der Waals surface area contributed by atoms with Gasteiger partial charge in [-0.15, -0.1) is 0 Å². The fourth-order valence-corrected chi connectivity index (χ4v) is 3.73. The molecule has 3 aromatic rings. The first kappa shape index (κ1) is 26.4. The third-order valence-electron chi connectivity index (χ3n) is 5.69. The van der Waals surface area contributed by atoms with Crippen LogP contribution in [-0.2, 0) is 25.6 Å². The number of hydrogen-bond donors (Lipinski definition) is 2. The summed E-state index contributed by atoms with van der Waals surface area (Å²) in [7, 11) is 1.44. The maximum Gasteiger partial charge on any atom is 0.330 e. The summed E-state index contributed by atoms with van der Waals surface area (Å²) < 4.78 is 11.5. The second kappa shape index (κ2) is 12.5. The molecule has 0 bridgehead atoms. The molecule has 0 saturated heterocycles. The van der Waals surface area contributed by atoms with Crippen molar-refractivity contribution in [2.75, 3.05) is 37.5 Å². The van der Waals surface area contributed by atoms with Crippen molar-refractivity contribution in [3.05, 3.63) is 92.6 Å². The molecule has 1 aromatic heterocycles. The van der Waals surface area contributed by atoms with Crippen molar-refractivity contribution in [2.45, 2.75) is 25.8 Å². The average Bonchev–Trinajstić information content (AvgIpc) is 2.88. The van der Waals surface area contributed by atoms with Gasteiger partial charge in [-0.05, 0) is 17.0 Å². The van der Waals surface area contributed by atoms with Gasteiger partial charge in [0.1, 0.15) is 5.82 Å². The molecule has 3 N–H and O–H groups in total. The van der Waals surface area contributed by atoms with Gasteiger partial charge in [0.05, 0.1) is 19.6 Å². The molecule has 0 spiro atoms. The Morgan fingerprint density at radius 2 is 1.69 bits per heavy atom. The monoisotopic (exact) mass is 494 g/mol. The molecule has 0 radical (unpaired) electrons. The summed E-state index contributed by atoms with van der Waals surface area (Å²) in [5.41, 5.74) is 6.25. The van der Waals surface area contributed by atoms with E-state index in [2.05, 4.69) is 4.98 Å². The molecule has 0 unspecified atom stereocenters. The summed E-state index contributed by atoms with van der Waals surface area (Å²) in [4.78, 5) is 54.0. The number of benzene rings is 2. The van der Waals surface area contributed by atoms with E-state index in [1.54, 1.807) is 12.1 Å². The number of nitrogen functional groups attached to an aromatic ring is 1. The summed E-state index contributed by atoms with van der Waals surface area (Å²) in [6.45, 7) is 1.43. The first-order valence-electron chi connectivity index (χ1n) is 11.5. The number of ether oxygens (including phenoxy) is 2. The van der Waals surface area contributed by atoms with E-state index < -0.39 is 29.7 Å². The third kappa shape index (κ3) is 6.70. The van der Waals surface area contributed by atoms with Crippen molar-refractivity contribution in [1.29, 1.82) is 0 Å². The quantitative estimate of drug-likeness (QED) is 0.388. The van der Waals surface area contributed by atoms with Crippen LogP contribution < -0.4 is 21.9 Å². The number of aromatic amines is 1. The number of esters is 1. The van der Waals surface area contributed by atoms with E-state index in [4.69, 9.17) is 15.2 Å². The molecule has 3 rings (SSSR count). The van der Waals surface area contributed by atoms with Crippen LogP contribution in [0, 0.1) is 0 Å². The highest BCUT2D eigenvalue weighted by Gasteiger charge is 2.25. The maximum atomic E-state index is 13.1. The summed E-state index contributed by atoms with van der Waals surface area (Å²) in [5.74, 6) is -1.50. The predicted molar refractivity (Wildman–Crippen MR) is 136 cm³/mol. The van der Waals surface area contributed by atoms with Crippen LogP contribution in [0.4, 0.5) is 11.5 Å². The summed E-state index contributed by atoms with van der Waals surface area (Å²) in [6.07, 6.45) is 0.0834. The Morgan fingerprint density at radius 1 is 1.06 bits per heavy atom. The van der Waals surface area contributed by atoms with E-state index in [-0.39, 0.29) is 43.5 Å². The molecule has 1 atom stereocenters. The predicted octanol–water partition coefficient (Wildman–Crippen LogP) is 1.88. The number of rotatable bonds is 11. The maximum absolute atomic E-state index is 13.1. The van der Waals surface area contributed by atoms with Crippen molar-refractivity contribution < 1.29 is 19.1 Å². The first-order valence-corrected chi connectivity index (χ1v) is 11.5. The van der Waals surface area contributed by atoms with Gasteiger partial charge < -0.3 is 15.2 Å². The smallest absolute Gasteiger partial charge is 0.330 e. The van der Waals surface area contributed by atoms with Crippen molar-refractivity contribution in [3.8, 4) is 0 Å². The Hall–Kier alpha value is -4.18. The van der Waals surface area contributed by atoms with Crippen LogP contribution in [-0.4, -0.2) is 48.3 Å². The molecule has 0 saturated carbocycles. The molecule has 0 fully saturated rings. The minimum atomic E-state index is -0.824. The van der Waals surface area contributed by atoms with Gasteiger partial charge in [0.2, 0.25) is 0 Å². The molecule has 2 aromatic carbocycles. The van der Waals surface area contributed by atoms with E-state index in [9.17, 15) is 19.2 Å². The number of methoxy groups -OCH3 is 1. The molecule has 0 aliphatic heterocycles. The lowest BCUT2D eigenvalue weighted by Crippen LogP contribution is -2.44. The van der Waals surface area contributed by atoms with Crippen LogP contribution in [0.1, 0.15) is 30.4 Å². The van der Waals surface area contributed by atoms with Gasteiger partial charge in [-0.1, -0.05) is 67.6 Å². The zero-order chi connectivity index (χ0) is 26.1. The number of amides is 1. The molecule has 1 heterocycles. The van der Waals surface area contributed by atoms with E-state index in [0.717, 1.165) is 16.0 Å². The minimum Gasteiger partial charge on any atom is -0.456 e. The highest BCUT2D eigenvalue weighted by Crippen LogP contribution is 2.20. The van der Waals surface area contributed by atoms with E-state index in [0.29, 0.717) is 0 Å². The SMILES string of the molecule is COCCN(C(=O)COC(=O)C[C@@H](C)c1ccccc1)c1c(N)n(Cc2ccccc2)c(=O)[nH]c1=O. The summed E-state index contributed by atoms with van der Waals surface area (Å²) in [5, 5.41) is 0. The number of nitrogens with one attached hydrogen (secondary N) is 1. The van der Waals surface area contributed by atoms with Crippen LogP contribution in [0.25, 0.3) is 0 Å². The van der Waals surface area contributed by atoms with Gasteiger partial charge in [0.25, 0.3) is 11.5 Å². The van der Waals surface area contributed by atoms with Crippen molar-refractivity contribution >= 4 is 23.4 Å². The van der Waals surface area contributed by atoms with Crippen LogP contribution in [0.15, 0.2) is 70.3 Å². The van der Waals surface area contributed by atoms with Crippen molar-refractivity contribution in [1.82, 2.24) is 9.55 Å². The molecule has 1 amide bonds. The molecule has 36 heavy (non-hydrogen) atoms. The lowest BCUT2D eigenvalue weighted by molar-refractivity contribution is -0.148. The van der Waals surface area contributed by atoms with Gasteiger partial charge in [-0.2, -0.15) is 0 Å². The Bertz CT molecular complexity index is 1290. The number of carbonyl (C=O) groups excluding carboxylic acids is 2. The molecule has 190 valence electrons. The van der Waals surface area contributed by atoms with Gasteiger partial charge in [0.15, 0.2) is 12.3 Å². The van der Waals surface area contributed by atoms with Crippen molar-refractivity contribution in [2.24, 2.45) is 0 Å². The zero-order valence-corrected chi connectivity index (χ0v) is 20.3. The summed E-state index contributed by atoms with van der Waals surface area (Å²) >= 11 is 0. The average molecular weight is 495 g/mol. The van der Waals surface area contributed by atoms with Crippen LogP contribution in [0.5, 0.6) is 0 Å². The van der Waals surface area contributed by atoms with Gasteiger partial charge in [-0.25, -0.2) is 4.79 Å². The number of aromatic nitrogens is 2. The highest BCUT2D eigenvalue weighted by molar-refractivity contribution is 5.97. The number of H-pyrrole nitrogens is 1. The fourth-order valence-electron chi connectivity index (χ4n) is 3.73. The van der Waals surface area contributed by atoms with Gasteiger partial charge in [-0.3, -0.25) is 28.8 Å². The summed E-state index contributed by atoms with van der Waals surface area (Å²) in [6, 6.07) is 18.5. The van der Waals surface area contributed by atoms with Crippen LogP contribution in [0.3, 0.4) is 0 Å². The Morgan fingerprint density at radius 3 is 2.33 bits per heavy atom. The Labute approximate surface area is 208 Å². The fraction of sp³-hybridized carbons (Fsp3) is 0.308. The standard InChI is InChI=1S/C26H30N4O6/c1-18(20-11-7-4-8-12-20)15-22(32)36-17-21(31)29(13-14-35-2)23-24(27)30(26(34)28-25(23)33)16-19-9-5-3-6-10-19/h3-12,18H,13-17,27H2,1-2H3,(H,28,33,34)/t18-/m1/s1. The van der Waals surface area contributed by atoms with E-state index >= 15 is 0 Å². The Balaban J connectivity index is 1.79. The molecule has 0 aliphatic rings. The molecule has 10 nitrogen and oxygen atoms in total. The largest absolute Gasteiger partial charge is 0.456 e. The number of nitrogens with two attached hydrogens (primary N) is 1. The lowest BCUT2D eigenvalue weighted by atomic mass is 9.98. The number of carbonyl (C=O) groups is 2. The normalized spacial score (nSPS) is 11.6. The minimum absolute atomic E-state index is 0.0376. The van der Waals surface area contributed by atoms with E-state index in [1.807, 2.05) is 55.5 Å². The van der Waals surface area contributed by atoms with E-state index in [1.165, 1.54) is 11.7 Å². The van der Waals surface area contributed by atoms with Crippen molar-refractivity contribution in [3.63, 3.8) is 0 Å². The van der Waals surface area contributed by atoms with Crippen LogP contribution in [0.2, 0.25) is 0 Å². The second-order valence-electron chi connectivity index (χ2n) is 8.28. The molecule has 0 aliphatic carbocycles. The molecular formula is C26H30N4O6. The van der Waals surface area contributed by atoms with Gasteiger partial charge in [0, 0.05) is 13.7 Å². The number of hydrogen-bond acceptors (Lipinski definition) is 7. The number of nitrogens with zero attached hydrogens (tertiary/aromatic N) is 2.